The summed E-state index contributed by atoms with van der Waals surface area (Å²) in [5.74, 6) is 1.24. The first-order valence-electron chi connectivity index (χ1n) is 4.60. The van der Waals surface area contributed by atoms with Crippen molar-refractivity contribution in [2.75, 3.05) is 19.6 Å². The zero-order valence-electron chi connectivity index (χ0n) is 7.64. The molecule has 1 aliphatic heterocycles. The maximum absolute atomic E-state index is 4.41. The van der Waals surface area contributed by atoms with Crippen molar-refractivity contribution in [2.45, 2.75) is 33.1 Å². The monoisotopic (exact) mass is 154 g/mol. The summed E-state index contributed by atoms with van der Waals surface area (Å²) in [6, 6.07) is 0. The van der Waals surface area contributed by atoms with Crippen molar-refractivity contribution in [2.24, 2.45) is 4.99 Å². The Morgan fingerprint density at radius 2 is 2.36 bits per heavy atom. The highest BCUT2D eigenvalue weighted by Crippen LogP contribution is 2.04. The Kier molecular flexibility index (Phi) is 3.40. The number of hydrogen-bond donors (Lipinski definition) is 0. The first-order chi connectivity index (χ1) is 5.34. The van der Waals surface area contributed by atoms with E-state index in [1.807, 2.05) is 0 Å². The fourth-order valence-corrected chi connectivity index (χ4v) is 1.39. The lowest BCUT2D eigenvalue weighted by Crippen LogP contribution is -2.34. The lowest BCUT2D eigenvalue weighted by molar-refractivity contribution is 0.383. The third-order valence-electron chi connectivity index (χ3n) is 2.17. The van der Waals surface area contributed by atoms with Crippen LogP contribution in [0.25, 0.3) is 0 Å². The van der Waals surface area contributed by atoms with Crippen LogP contribution in [-0.4, -0.2) is 30.4 Å². The lowest BCUT2D eigenvalue weighted by Gasteiger charge is -2.27. The molecule has 2 nitrogen and oxygen atoms in total. The molecule has 1 heterocycles. The molecule has 0 fully saturated rings. The highest BCUT2D eigenvalue weighted by atomic mass is 15.2. The van der Waals surface area contributed by atoms with Gasteiger partial charge >= 0.3 is 0 Å². The SMILES string of the molecule is CCCCN1CCCN=C1C. The first-order valence-corrected chi connectivity index (χ1v) is 4.60. The normalized spacial score (nSPS) is 18.4. The molecule has 11 heavy (non-hydrogen) atoms. The number of amidine groups is 1. The maximum Gasteiger partial charge on any atom is 0.0957 e. The average molecular weight is 154 g/mol. The van der Waals surface area contributed by atoms with Crippen LogP contribution >= 0.6 is 0 Å². The van der Waals surface area contributed by atoms with Crippen LogP contribution in [0.1, 0.15) is 33.1 Å². The van der Waals surface area contributed by atoms with Gasteiger partial charge in [-0.25, -0.2) is 0 Å². The molecule has 0 aromatic rings. The molecule has 2 heteroatoms. The lowest BCUT2D eigenvalue weighted by atomic mass is 10.2. The Labute approximate surface area is 69.3 Å². The minimum Gasteiger partial charge on any atom is -0.361 e. The first kappa shape index (κ1) is 8.57. The summed E-state index contributed by atoms with van der Waals surface area (Å²) in [4.78, 5) is 6.80. The highest BCUT2D eigenvalue weighted by Gasteiger charge is 2.08. The summed E-state index contributed by atoms with van der Waals surface area (Å²) < 4.78 is 0. The second-order valence-electron chi connectivity index (χ2n) is 3.12. The zero-order valence-corrected chi connectivity index (χ0v) is 7.64. The summed E-state index contributed by atoms with van der Waals surface area (Å²) in [6.07, 6.45) is 3.82. The van der Waals surface area contributed by atoms with Crippen LogP contribution in [-0.2, 0) is 0 Å². The highest BCUT2D eigenvalue weighted by molar-refractivity contribution is 5.80. The molecule has 1 rings (SSSR count). The van der Waals surface area contributed by atoms with Gasteiger partial charge in [-0.15, -0.1) is 0 Å². The minimum absolute atomic E-state index is 1.04. The fourth-order valence-electron chi connectivity index (χ4n) is 1.39. The molecular weight excluding hydrogens is 136 g/mol. The zero-order chi connectivity index (χ0) is 8.10. The van der Waals surface area contributed by atoms with Crippen molar-refractivity contribution in [3.8, 4) is 0 Å². The van der Waals surface area contributed by atoms with Crippen molar-refractivity contribution in [3.63, 3.8) is 0 Å². The van der Waals surface area contributed by atoms with Crippen LogP contribution in [0.2, 0.25) is 0 Å². The second kappa shape index (κ2) is 4.37. The van der Waals surface area contributed by atoms with E-state index in [0.717, 1.165) is 6.54 Å². The molecule has 0 aromatic heterocycles. The average Bonchev–Trinajstić information content (AvgIpc) is 2.03. The Morgan fingerprint density at radius 1 is 1.55 bits per heavy atom. The standard InChI is InChI=1S/C9H18N2/c1-3-4-7-11-8-5-6-10-9(11)2/h3-8H2,1-2H3. The summed E-state index contributed by atoms with van der Waals surface area (Å²) in [5, 5.41) is 0. The van der Waals surface area contributed by atoms with Crippen molar-refractivity contribution < 1.29 is 0 Å². The van der Waals surface area contributed by atoms with E-state index in [2.05, 4.69) is 23.7 Å². The third kappa shape index (κ3) is 2.52. The summed E-state index contributed by atoms with van der Waals surface area (Å²) >= 11 is 0. The van der Waals surface area contributed by atoms with Crippen LogP contribution in [0.15, 0.2) is 4.99 Å². The molecule has 1 aliphatic rings. The smallest absolute Gasteiger partial charge is 0.0957 e. The van der Waals surface area contributed by atoms with Gasteiger partial charge in [0.1, 0.15) is 0 Å². The quantitative estimate of drug-likeness (QED) is 0.606. The summed E-state index contributed by atoms with van der Waals surface area (Å²) in [7, 11) is 0. The molecule has 0 spiro atoms. The Bertz CT molecular complexity index is 140. The van der Waals surface area contributed by atoms with Crippen molar-refractivity contribution in [3.05, 3.63) is 0 Å². The predicted octanol–water partition coefficient (Wildman–Crippen LogP) is 1.91. The molecule has 0 atom stereocenters. The summed E-state index contributed by atoms with van der Waals surface area (Å²) in [5.41, 5.74) is 0. The Balaban J connectivity index is 2.31. The van der Waals surface area contributed by atoms with E-state index in [4.69, 9.17) is 0 Å². The third-order valence-corrected chi connectivity index (χ3v) is 2.17. The predicted molar refractivity (Wildman–Crippen MR) is 49.1 cm³/mol. The number of hydrogen-bond acceptors (Lipinski definition) is 2. The molecule has 0 radical (unpaired) electrons. The van der Waals surface area contributed by atoms with Gasteiger partial charge in [0.05, 0.1) is 5.84 Å². The van der Waals surface area contributed by atoms with Gasteiger partial charge in [0.2, 0.25) is 0 Å². The molecule has 0 aromatic carbocycles. The number of aliphatic imine (C=N–C) groups is 1. The van der Waals surface area contributed by atoms with E-state index < -0.39 is 0 Å². The van der Waals surface area contributed by atoms with Gasteiger partial charge in [-0.1, -0.05) is 13.3 Å². The Morgan fingerprint density at radius 3 is 3.00 bits per heavy atom. The molecule has 0 bridgehead atoms. The molecule has 0 amide bonds. The molecule has 0 aliphatic carbocycles. The van der Waals surface area contributed by atoms with E-state index >= 15 is 0 Å². The van der Waals surface area contributed by atoms with Gasteiger partial charge in [-0.2, -0.15) is 0 Å². The molecule has 0 N–H and O–H groups in total. The van der Waals surface area contributed by atoms with E-state index in [-0.39, 0.29) is 0 Å². The van der Waals surface area contributed by atoms with Gasteiger partial charge < -0.3 is 4.90 Å². The maximum atomic E-state index is 4.41. The number of nitrogens with zero attached hydrogens (tertiary/aromatic N) is 2. The topological polar surface area (TPSA) is 15.6 Å². The van der Waals surface area contributed by atoms with Crippen LogP contribution in [0.3, 0.4) is 0 Å². The van der Waals surface area contributed by atoms with Crippen LogP contribution < -0.4 is 0 Å². The minimum atomic E-state index is 1.04. The van der Waals surface area contributed by atoms with Gasteiger partial charge in [-0.3, -0.25) is 4.99 Å². The van der Waals surface area contributed by atoms with Crippen molar-refractivity contribution in [1.29, 1.82) is 0 Å². The summed E-state index contributed by atoms with van der Waals surface area (Å²) in [6.45, 7) is 7.81. The van der Waals surface area contributed by atoms with Crippen LogP contribution in [0.4, 0.5) is 0 Å². The fraction of sp³-hybridized carbons (Fsp3) is 0.889. The number of rotatable bonds is 3. The van der Waals surface area contributed by atoms with E-state index in [9.17, 15) is 0 Å². The molecule has 0 saturated carbocycles. The molecule has 0 saturated heterocycles. The van der Waals surface area contributed by atoms with E-state index in [0.29, 0.717) is 0 Å². The Hall–Kier alpha value is -0.530. The van der Waals surface area contributed by atoms with Crippen molar-refractivity contribution in [1.82, 2.24) is 4.90 Å². The van der Waals surface area contributed by atoms with Gasteiger partial charge in [0, 0.05) is 19.6 Å². The van der Waals surface area contributed by atoms with E-state index in [1.165, 1.54) is 38.2 Å². The van der Waals surface area contributed by atoms with Crippen LogP contribution in [0.5, 0.6) is 0 Å². The van der Waals surface area contributed by atoms with Gasteiger partial charge in [-0.05, 0) is 19.8 Å². The molecular formula is C9H18N2. The molecule has 64 valence electrons. The van der Waals surface area contributed by atoms with Gasteiger partial charge in [0.25, 0.3) is 0 Å². The number of unbranched alkanes of at least 4 members (excludes halogenated alkanes) is 1. The van der Waals surface area contributed by atoms with Gasteiger partial charge in [0.15, 0.2) is 0 Å². The van der Waals surface area contributed by atoms with Crippen molar-refractivity contribution >= 4 is 5.84 Å². The van der Waals surface area contributed by atoms with Crippen LogP contribution in [0, 0.1) is 0 Å². The van der Waals surface area contributed by atoms with E-state index in [1.54, 1.807) is 0 Å². The second-order valence-corrected chi connectivity index (χ2v) is 3.12. The largest absolute Gasteiger partial charge is 0.361 e. The molecule has 0 unspecified atom stereocenters.